The Labute approximate surface area is 100 Å². The Balaban J connectivity index is 2.17. The Morgan fingerprint density at radius 1 is 1.47 bits per heavy atom. The van der Waals surface area contributed by atoms with Crippen LogP contribution in [-0.4, -0.2) is 15.2 Å². The lowest BCUT2D eigenvalue weighted by Crippen LogP contribution is -2.12. The Morgan fingerprint density at radius 3 is 2.82 bits per heavy atom. The predicted molar refractivity (Wildman–Crippen MR) is 66.5 cm³/mol. The van der Waals surface area contributed by atoms with E-state index < -0.39 is 0 Å². The fraction of sp³-hybridized carbons (Fsp3) is 0.429. The van der Waals surface area contributed by atoms with Crippen molar-refractivity contribution in [3.8, 4) is 0 Å². The number of hydrogen-bond donors (Lipinski definition) is 0. The van der Waals surface area contributed by atoms with Gasteiger partial charge in [0.05, 0.1) is 11.2 Å². The number of carbonyl (C=O) groups is 1. The molecule has 17 heavy (non-hydrogen) atoms. The molecule has 0 aromatic carbocycles. The molecule has 0 N–H and O–H groups in total. The van der Waals surface area contributed by atoms with Gasteiger partial charge in [0.1, 0.15) is 5.82 Å². The first kappa shape index (κ1) is 10.5. The van der Waals surface area contributed by atoms with Gasteiger partial charge in [-0.05, 0) is 38.8 Å². The fourth-order valence-corrected chi connectivity index (χ4v) is 2.44. The Hall–Kier alpha value is -1.64. The van der Waals surface area contributed by atoms with E-state index in [1.807, 2.05) is 25.3 Å². The number of rotatable bonds is 2. The van der Waals surface area contributed by atoms with Crippen LogP contribution in [0.15, 0.2) is 18.3 Å². The average Bonchev–Trinajstić information content (AvgIpc) is 2.54. The topological polar surface area (TPSA) is 34.4 Å². The van der Waals surface area contributed by atoms with E-state index in [-0.39, 0.29) is 5.78 Å². The number of Topliss-reactive ketones (excluding diaryl/α,β-unsaturated/α-hetero) is 1. The second-order valence-corrected chi connectivity index (χ2v) is 4.91. The highest BCUT2D eigenvalue weighted by Gasteiger charge is 2.24. The number of aryl methyl sites for hydroxylation is 1. The van der Waals surface area contributed by atoms with Gasteiger partial charge in [0.25, 0.3) is 0 Å². The molecular weight excluding hydrogens is 212 g/mol. The second-order valence-electron chi connectivity index (χ2n) is 4.91. The molecule has 3 nitrogen and oxygen atoms in total. The Kier molecular flexibility index (Phi) is 2.28. The summed E-state index contributed by atoms with van der Waals surface area (Å²) >= 11 is 0. The molecule has 0 amide bonds. The number of aromatic nitrogens is 2. The molecule has 3 rings (SSSR count). The molecule has 0 unspecified atom stereocenters. The first-order valence-corrected chi connectivity index (χ1v) is 6.16. The van der Waals surface area contributed by atoms with Gasteiger partial charge in [0, 0.05) is 17.7 Å². The highest BCUT2D eigenvalue weighted by Crippen LogP contribution is 2.36. The normalized spacial score (nSPS) is 16.1. The maximum Gasteiger partial charge on any atom is 0.159 e. The summed E-state index contributed by atoms with van der Waals surface area (Å²) in [6.07, 6.45) is 5.78. The van der Waals surface area contributed by atoms with Crippen LogP contribution in [0.25, 0.3) is 5.52 Å². The third-order valence-electron chi connectivity index (χ3n) is 3.73. The van der Waals surface area contributed by atoms with E-state index in [0.29, 0.717) is 5.92 Å². The zero-order chi connectivity index (χ0) is 12.0. The van der Waals surface area contributed by atoms with Gasteiger partial charge in [-0.25, -0.2) is 4.98 Å². The molecule has 2 aromatic heterocycles. The first-order valence-electron chi connectivity index (χ1n) is 6.16. The summed E-state index contributed by atoms with van der Waals surface area (Å²) in [7, 11) is 0. The van der Waals surface area contributed by atoms with Gasteiger partial charge in [-0.15, -0.1) is 0 Å². The van der Waals surface area contributed by atoms with Gasteiger partial charge in [0.15, 0.2) is 5.78 Å². The molecular formula is C14H16N2O. The van der Waals surface area contributed by atoms with E-state index in [1.165, 1.54) is 25.1 Å². The van der Waals surface area contributed by atoms with Crippen molar-refractivity contribution in [3.05, 3.63) is 35.4 Å². The lowest BCUT2D eigenvalue weighted by Gasteiger charge is -2.23. The van der Waals surface area contributed by atoms with Crippen molar-refractivity contribution in [3.63, 3.8) is 0 Å². The number of pyridine rings is 1. The molecule has 0 bridgehead atoms. The lowest BCUT2D eigenvalue weighted by atomic mass is 9.85. The number of carbonyl (C=O) groups excluding carboxylic acids is 1. The quantitative estimate of drug-likeness (QED) is 0.740. The van der Waals surface area contributed by atoms with Crippen LogP contribution in [0, 0.1) is 6.92 Å². The number of fused-ring (bicyclic) bond motifs is 1. The summed E-state index contributed by atoms with van der Waals surface area (Å²) in [5.41, 5.74) is 2.86. The van der Waals surface area contributed by atoms with Crippen LogP contribution in [0.1, 0.15) is 54.0 Å². The van der Waals surface area contributed by atoms with E-state index in [4.69, 9.17) is 0 Å². The summed E-state index contributed by atoms with van der Waals surface area (Å²) in [5.74, 6) is 1.89. The molecule has 0 spiro atoms. The van der Waals surface area contributed by atoms with Crippen LogP contribution in [-0.2, 0) is 0 Å². The van der Waals surface area contributed by atoms with Crippen molar-refractivity contribution < 1.29 is 4.79 Å². The SMILES string of the molecule is CC(=O)c1ccn2c(C3CCC3)nc(C)c2c1. The van der Waals surface area contributed by atoms with E-state index in [9.17, 15) is 4.79 Å². The number of hydrogen-bond acceptors (Lipinski definition) is 2. The van der Waals surface area contributed by atoms with Crippen LogP contribution in [0.2, 0.25) is 0 Å². The molecule has 1 saturated carbocycles. The van der Waals surface area contributed by atoms with Crippen LogP contribution in [0.3, 0.4) is 0 Å². The van der Waals surface area contributed by atoms with Crippen LogP contribution in [0.4, 0.5) is 0 Å². The maximum absolute atomic E-state index is 11.4. The van der Waals surface area contributed by atoms with Gasteiger partial charge >= 0.3 is 0 Å². The molecule has 1 aliphatic carbocycles. The van der Waals surface area contributed by atoms with Crippen LogP contribution >= 0.6 is 0 Å². The van der Waals surface area contributed by atoms with E-state index >= 15 is 0 Å². The lowest BCUT2D eigenvalue weighted by molar-refractivity contribution is 0.101. The maximum atomic E-state index is 11.4. The van der Waals surface area contributed by atoms with Crippen LogP contribution < -0.4 is 0 Å². The molecule has 0 atom stereocenters. The standard InChI is InChI=1S/C14H16N2O/c1-9-13-8-12(10(2)17)6-7-16(13)14(15-9)11-4-3-5-11/h6-8,11H,3-5H2,1-2H3. The molecule has 2 aromatic rings. The van der Waals surface area contributed by atoms with Crippen molar-refractivity contribution in [1.29, 1.82) is 0 Å². The Morgan fingerprint density at radius 2 is 2.24 bits per heavy atom. The van der Waals surface area contributed by atoms with Crippen LogP contribution in [0.5, 0.6) is 0 Å². The third-order valence-corrected chi connectivity index (χ3v) is 3.73. The van der Waals surface area contributed by atoms with Gasteiger partial charge < -0.3 is 4.40 Å². The number of ketones is 1. The second kappa shape index (κ2) is 3.69. The van der Waals surface area contributed by atoms with Gasteiger partial charge in [0.2, 0.25) is 0 Å². The summed E-state index contributed by atoms with van der Waals surface area (Å²) in [6, 6.07) is 3.84. The largest absolute Gasteiger partial charge is 0.303 e. The minimum absolute atomic E-state index is 0.110. The molecule has 1 fully saturated rings. The molecule has 1 aliphatic rings. The average molecular weight is 228 g/mol. The minimum atomic E-state index is 0.110. The summed E-state index contributed by atoms with van der Waals surface area (Å²) < 4.78 is 2.14. The molecule has 0 saturated heterocycles. The van der Waals surface area contributed by atoms with Crippen molar-refractivity contribution in [2.24, 2.45) is 0 Å². The molecule has 88 valence electrons. The van der Waals surface area contributed by atoms with Crippen molar-refractivity contribution in [2.75, 3.05) is 0 Å². The summed E-state index contributed by atoms with van der Waals surface area (Å²) in [4.78, 5) is 16.0. The number of nitrogens with zero attached hydrogens (tertiary/aromatic N) is 2. The van der Waals surface area contributed by atoms with E-state index in [2.05, 4.69) is 9.38 Å². The van der Waals surface area contributed by atoms with Gasteiger partial charge in [-0.1, -0.05) is 6.42 Å². The van der Waals surface area contributed by atoms with E-state index in [0.717, 1.165) is 16.8 Å². The number of imidazole rings is 1. The van der Waals surface area contributed by atoms with Gasteiger partial charge in [-0.2, -0.15) is 0 Å². The smallest absolute Gasteiger partial charge is 0.159 e. The predicted octanol–water partition coefficient (Wildman–Crippen LogP) is 3.11. The van der Waals surface area contributed by atoms with Crippen molar-refractivity contribution in [2.45, 2.75) is 39.0 Å². The zero-order valence-electron chi connectivity index (χ0n) is 10.2. The monoisotopic (exact) mass is 228 g/mol. The molecule has 3 heteroatoms. The molecule has 2 heterocycles. The molecule has 0 aliphatic heterocycles. The highest BCUT2D eigenvalue weighted by atomic mass is 16.1. The zero-order valence-corrected chi connectivity index (χ0v) is 10.2. The van der Waals surface area contributed by atoms with Gasteiger partial charge in [-0.3, -0.25) is 4.79 Å². The Bertz CT molecular complexity index is 594. The van der Waals surface area contributed by atoms with Crippen molar-refractivity contribution in [1.82, 2.24) is 9.38 Å². The fourth-order valence-electron chi connectivity index (χ4n) is 2.44. The van der Waals surface area contributed by atoms with Crippen molar-refractivity contribution >= 4 is 11.3 Å². The third kappa shape index (κ3) is 1.57. The van der Waals surface area contributed by atoms with E-state index in [1.54, 1.807) is 6.92 Å². The summed E-state index contributed by atoms with van der Waals surface area (Å²) in [6.45, 7) is 3.62. The first-order chi connectivity index (χ1) is 8.16. The highest BCUT2D eigenvalue weighted by molar-refractivity contribution is 5.95. The minimum Gasteiger partial charge on any atom is -0.303 e. The summed E-state index contributed by atoms with van der Waals surface area (Å²) in [5, 5.41) is 0. The molecule has 0 radical (unpaired) electrons.